The van der Waals surface area contributed by atoms with Crippen LogP contribution in [0.4, 0.5) is 4.79 Å². The molecule has 0 spiro atoms. The number of carbonyl (C=O) groups excluding carboxylic acids is 2. The molecule has 0 aliphatic heterocycles. The minimum Gasteiger partial charge on any atom is -0.469 e. The predicted molar refractivity (Wildman–Crippen MR) is 93.1 cm³/mol. The van der Waals surface area contributed by atoms with Gasteiger partial charge in [0.1, 0.15) is 5.76 Å². The molecule has 1 aliphatic carbocycles. The van der Waals surface area contributed by atoms with Crippen molar-refractivity contribution in [2.24, 2.45) is 7.05 Å². The summed E-state index contributed by atoms with van der Waals surface area (Å²) in [7, 11) is 1.83. The second-order valence-electron chi connectivity index (χ2n) is 6.05. The van der Waals surface area contributed by atoms with Gasteiger partial charge in [0, 0.05) is 13.1 Å². The second-order valence-corrected chi connectivity index (χ2v) is 6.99. The maximum absolute atomic E-state index is 11.9. The molecular weight excluding hydrogens is 342 g/mol. The zero-order chi connectivity index (χ0) is 17.8. The monoisotopic (exact) mass is 363 g/mol. The van der Waals surface area contributed by atoms with Gasteiger partial charge in [0.25, 0.3) is 0 Å². The van der Waals surface area contributed by atoms with Crippen LogP contribution in [0.15, 0.2) is 21.9 Å². The fourth-order valence-corrected chi connectivity index (χ4v) is 3.59. The van der Waals surface area contributed by atoms with Crippen molar-refractivity contribution in [3.05, 3.63) is 18.1 Å². The number of thioether (sulfide) groups is 1. The van der Waals surface area contributed by atoms with Gasteiger partial charge in [-0.15, -0.1) is 10.2 Å². The van der Waals surface area contributed by atoms with Gasteiger partial charge in [-0.1, -0.05) is 24.6 Å². The molecule has 2 aromatic heterocycles. The zero-order valence-electron chi connectivity index (χ0n) is 14.2. The van der Waals surface area contributed by atoms with Crippen LogP contribution in [0.25, 0.3) is 11.4 Å². The van der Waals surface area contributed by atoms with Crippen LogP contribution in [0.1, 0.15) is 31.4 Å². The number of aromatic nitrogens is 3. The van der Waals surface area contributed by atoms with Crippen molar-refractivity contribution in [3.8, 4) is 11.4 Å². The Bertz CT molecular complexity index is 764. The van der Waals surface area contributed by atoms with Crippen LogP contribution in [0.5, 0.6) is 0 Å². The number of imide groups is 1. The number of rotatable bonds is 5. The third-order valence-corrected chi connectivity index (χ3v) is 5.23. The molecule has 0 radical (unpaired) electrons. The van der Waals surface area contributed by atoms with E-state index >= 15 is 0 Å². The van der Waals surface area contributed by atoms with Crippen molar-refractivity contribution in [2.75, 3.05) is 5.75 Å². The maximum Gasteiger partial charge on any atom is 0.321 e. The first-order valence-electron chi connectivity index (χ1n) is 8.21. The summed E-state index contributed by atoms with van der Waals surface area (Å²) in [4.78, 5) is 23.7. The molecule has 0 saturated heterocycles. The van der Waals surface area contributed by atoms with Gasteiger partial charge in [-0.2, -0.15) is 0 Å². The minimum absolute atomic E-state index is 0.0917. The first-order chi connectivity index (χ1) is 12.0. The Morgan fingerprint density at radius 2 is 2.12 bits per heavy atom. The molecule has 0 aromatic carbocycles. The third kappa shape index (κ3) is 4.22. The van der Waals surface area contributed by atoms with Gasteiger partial charge in [0.15, 0.2) is 11.0 Å². The van der Waals surface area contributed by atoms with E-state index in [1.165, 1.54) is 11.8 Å². The lowest BCUT2D eigenvalue weighted by Gasteiger charge is -2.12. The summed E-state index contributed by atoms with van der Waals surface area (Å²) in [6.45, 7) is 1.85. The van der Waals surface area contributed by atoms with Gasteiger partial charge in [-0.3, -0.25) is 10.1 Å². The summed E-state index contributed by atoms with van der Waals surface area (Å²) in [5, 5.41) is 14.0. The third-order valence-electron chi connectivity index (χ3n) is 4.21. The van der Waals surface area contributed by atoms with E-state index in [1.54, 1.807) is 10.8 Å². The quantitative estimate of drug-likeness (QED) is 0.790. The Morgan fingerprint density at radius 3 is 2.80 bits per heavy atom. The van der Waals surface area contributed by atoms with Gasteiger partial charge >= 0.3 is 6.03 Å². The molecule has 2 N–H and O–H groups in total. The van der Waals surface area contributed by atoms with E-state index in [1.807, 2.05) is 20.0 Å². The van der Waals surface area contributed by atoms with Crippen molar-refractivity contribution in [1.82, 2.24) is 25.4 Å². The van der Waals surface area contributed by atoms with Crippen LogP contribution in [-0.4, -0.2) is 38.5 Å². The molecule has 2 heterocycles. The van der Waals surface area contributed by atoms with Crippen LogP contribution in [0, 0.1) is 6.92 Å². The van der Waals surface area contributed by atoms with Crippen molar-refractivity contribution in [1.29, 1.82) is 0 Å². The lowest BCUT2D eigenvalue weighted by Crippen LogP contribution is -2.44. The lowest BCUT2D eigenvalue weighted by molar-refractivity contribution is -0.117. The fourth-order valence-electron chi connectivity index (χ4n) is 2.88. The van der Waals surface area contributed by atoms with Crippen molar-refractivity contribution < 1.29 is 14.0 Å². The molecule has 134 valence electrons. The Kier molecular flexibility index (Phi) is 5.42. The normalized spacial score (nSPS) is 14.6. The summed E-state index contributed by atoms with van der Waals surface area (Å²) < 4.78 is 7.08. The van der Waals surface area contributed by atoms with Gasteiger partial charge < -0.3 is 14.3 Å². The van der Waals surface area contributed by atoms with Crippen LogP contribution >= 0.6 is 11.8 Å². The van der Waals surface area contributed by atoms with E-state index in [0.29, 0.717) is 11.0 Å². The van der Waals surface area contributed by atoms with Crippen molar-refractivity contribution >= 4 is 23.7 Å². The number of amides is 3. The molecule has 1 fully saturated rings. The number of furan rings is 1. The summed E-state index contributed by atoms with van der Waals surface area (Å²) >= 11 is 1.23. The SMILES string of the molecule is Cc1occc1-c1nnc(SCC(=O)NC(=O)NC2CCCC2)n1C. The molecule has 3 rings (SSSR count). The molecule has 1 saturated carbocycles. The first-order valence-corrected chi connectivity index (χ1v) is 9.20. The Balaban J connectivity index is 1.51. The van der Waals surface area contributed by atoms with Crippen LogP contribution in [-0.2, 0) is 11.8 Å². The van der Waals surface area contributed by atoms with E-state index in [9.17, 15) is 9.59 Å². The number of nitrogens with zero attached hydrogens (tertiary/aromatic N) is 3. The second kappa shape index (κ2) is 7.73. The van der Waals surface area contributed by atoms with Gasteiger partial charge in [0.2, 0.25) is 5.91 Å². The maximum atomic E-state index is 11.9. The largest absolute Gasteiger partial charge is 0.469 e. The van der Waals surface area contributed by atoms with Gasteiger partial charge in [-0.25, -0.2) is 4.79 Å². The minimum atomic E-state index is -0.426. The van der Waals surface area contributed by atoms with Crippen LogP contribution < -0.4 is 10.6 Å². The summed E-state index contributed by atoms with van der Waals surface area (Å²) in [5.74, 6) is 1.17. The van der Waals surface area contributed by atoms with Crippen molar-refractivity contribution in [3.63, 3.8) is 0 Å². The average Bonchev–Trinajstić information content (AvgIpc) is 3.28. The number of hydrogen-bond donors (Lipinski definition) is 2. The van der Waals surface area contributed by atoms with Crippen LogP contribution in [0.2, 0.25) is 0 Å². The molecular formula is C16H21N5O3S. The van der Waals surface area contributed by atoms with Crippen molar-refractivity contribution in [2.45, 2.75) is 43.8 Å². The highest BCUT2D eigenvalue weighted by atomic mass is 32.2. The topological polar surface area (TPSA) is 102 Å². The zero-order valence-corrected chi connectivity index (χ0v) is 15.1. The lowest BCUT2D eigenvalue weighted by atomic mass is 10.2. The molecule has 8 nitrogen and oxygen atoms in total. The summed E-state index contributed by atoms with van der Waals surface area (Å²) in [6.07, 6.45) is 5.80. The molecule has 25 heavy (non-hydrogen) atoms. The van der Waals surface area contributed by atoms with Crippen LogP contribution in [0.3, 0.4) is 0 Å². The summed E-state index contributed by atoms with van der Waals surface area (Å²) in [5.41, 5.74) is 0.863. The summed E-state index contributed by atoms with van der Waals surface area (Å²) in [6, 6.07) is 1.58. The highest BCUT2D eigenvalue weighted by Crippen LogP contribution is 2.25. The predicted octanol–water partition coefficient (Wildman–Crippen LogP) is 2.24. The number of urea groups is 1. The number of carbonyl (C=O) groups is 2. The number of hydrogen-bond acceptors (Lipinski definition) is 6. The number of aryl methyl sites for hydroxylation is 1. The first kappa shape index (κ1) is 17.5. The van der Waals surface area contributed by atoms with Gasteiger partial charge in [0.05, 0.1) is 17.6 Å². The molecule has 1 aliphatic rings. The fraction of sp³-hybridized carbons (Fsp3) is 0.500. The molecule has 0 atom stereocenters. The Morgan fingerprint density at radius 1 is 1.36 bits per heavy atom. The smallest absolute Gasteiger partial charge is 0.321 e. The molecule has 9 heteroatoms. The van der Waals surface area contributed by atoms with E-state index in [0.717, 1.165) is 37.0 Å². The van der Waals surface area contributed by atoms with E-state index in [4.69, 9.17) is 4.42 Å². The molecule has 0 unspecified atom stereocenters. The van der Waals surface area contributed by atoms with E-state index < -0.39 is 6.03 Å². The standard InChI is InChI=1S/C16H21N5O3S/c1-10-12(7-8-24-10)14-19-20-16(21(14)2)25-9-13(22)18-15(23)17-11-5-3-4-6-11/h7-8,11H,3-6,9H2,1-2H3,(H2,17,18,22,23). The average molecular weight is 363 g/mol. The van der Waals surface area contributed by atoms with E-state index in [2.05, 4.69) is 20.8 Å². The molecule has 0 bridgehead atoms. The Labute approximate surface area is 149 Å². The number of nitrogens with one attached hydrogen (secondary N) is 2. The Hall–Kier alpha value is -2.29. The van der Waals surface area contributed by atoms with Gasteiger partial charge in [-0.05, 0) is 25.8 Å². The molecule has 3 amide bonds. The highest BCUT2D eigenvalue weighted by molar-refractivity contribution is 7.99. The highest BCUT2D eigenvalue weighted by Gasteiger charge is 2.19. The molecule has 2 aromatic rings. The van der Waals surface area contributed by atoms with E-state index in [-0.39, 0.29) is 17.7 Å².